The zero-order valence-electron chi connectivity index (χ0n) is 14.8. The molecule has 2 aliphatic heterocycles. The standard InChI is InChI=1S/C18H25N5O3/c24-16-5-3-9-22(16)10-6-17(25)23-11-8-19-13-15(23)18(26)21-12-14-4-1-2-7-20-14/h1-2,4,7,15,19H,3,5-6,8-13H2,(H,21,26). The molecule has 0 bridgehead atoms. The number of nitrogens with zero attached hydrogens (tertiary/aromatic N) is 3. The second-order valence-corrected chi connectivity index (χ2v) is 6.58. The van der Waals surface area contributed by atoms with Gasteiger partial charge < -0.3 is 20.4 Å². The van der Waals surface area contributed by atoms with E-state index in [-0.39, 0.29) is 24.1 Å². The SMILES string of the molecule is O=C(NCc1ccccn1)C1CNCCN1C(=O)CCN1CCCC1=O. The fraction of sp³-hybridized carbons (Fsp3) is 0.556. The smallest absolute Gasteiger partial charge is 0.244 e. The van der Waals surface area contributed by atoms with E-state index in [0.29, 0.717) is 39.1 Å². The highest BCUT2D eigenvalue weighted by atomic mass is 16.2. The normalized spacial score (nSPS) is 20.3. The molecule has 8 nitrogen and oxygen atoms in total. The van der Waals surface area contributed by atoms with E-state index in [1.807, 2.05) is 18.2 Å². The monoisotopic (exact) mass is 359 g/mol. The Hall–Kier alpha value is -2.48. The Kier molecular flexibility index (Phi) is 6.17. The molecule has 3 amide bonds. The summed E-state index contributed by atoms with van der Waals surface area (Å²) in [6.07, 6.45) is 3.37. The van der Waals surface area contributed by atoms with Crippen LogP contribution in [0.15, 0.2) is 24.4 Å². The van der Waals surface area contributed by atoms with Crippen molar-refractivity contribution in [3.05, 3.63) is 30.1 Å². The number of amides is 3. The number of nitrogens with one attached hydrogen (secondary N) is 2. The Morgan fingerprint density at radius 1 is 1.31 bits per heavy atom. The molecule has 1 unspecified atom stereocenters. The lowest BCUT2D eigenvalue weighted by Gasteiger charge is -2.35. The second-order valence-electron chi connectivity index (χ2n) is 6.58. The van der Waals surface area contributed by atoms with Crippen LogP contribution in [0.2, 0.25) is 0 Å². The number of rotatable bonds is 6. The van der Waals surface area contributed by atoms with Crippen LogP contribution in [0, 0.1) is 0 Å². The number of hydrogen-bond acceptors (Lipinski definition) is 5. The molecule has 3 heterocycles. The zero-order valence-corrected chi connectivity index (χ0v) is 14.8. The van der Waals surface area contributed by atoms with Gasteiger partial charge in [-0.1, -0.05) is 6.07 Å². The fourth-order valence-electron chi connectivity index (χ4n) is 3.35. The van der Waals surface area contributed by atoms with E-state index in [4.69, 9.17) is 0 Å². The lowest BCUT2D eigenvalue weighted by atomic mass is 10.1. The summed E-state index contributed by atoms with van der Waals surface area (Å²) in [6, 6.07) is 5.00. The topological polar surface area (TPSA) is 94.6 Å². The minimum Gasteiger partial charge on any atom is -0.349 e. The highest BCUT2D eigenvalue weighted by Gasteiger charge is 2.32. The van der Waals surface area contributed by atoms with Crippen molar-refractivity contribution in [3.8, 4) is 0 Å². The molecular formula is C18H25N5O3. The molecular weight excluding hydrogens is 334 g/mol. The lowest BCUT2D eigenvalue weighted by molar-refractivity contribution is -0.142. The van der Waals surface area contributed by atoms with Crippen molar-refractivity contribution in [1.82, 2.24) is 25.4 Å². The van der Waals surface area contributed by atoms with Crippen LogP contribution in [0.1, 0.15) is 25.0 Å². The third kappa shape index (κ3) is 4.57. The van der Waals surface area contributed by atoms with Gasteiger partial charge in [-0.2, -0.15) is 0 Å². The maximum atomic E-state index is 12.6. The lowest BCUT2D eigenvalue weighted by Crippen LogP contribution is -2.59. The van der Waals surface area contributed by atoms with Crippen molar-refractivity contribution in [3.63, 3.8) is 0 Å². The number of carbonyl (C=O) groups is 3. The average Bonchev–Trinajstić information content (AvgIpc) is 3.10. The van der Waals surface area contributed by atoms with E-state index in [0.717, 1.165) is 18.7 Å². The zero-order chi connectivity index (χ0) is 18.4. The van der Waals surface area contributed by atoms with Crippen molar-refractivity contribution in [1.29, 1.82) is 0 Å². The maximum absolute atomic E-state index is 12.6. The van der Waals surface area contributed by atoms with Gasteiger partial charge in [-0.3, -0.25) is 19.4 Å². The van der Waals surface area contributed by atoms with Crippen LogP contribution in [0.5, 0.6) is 0 Å². The van der Waals surface area contributed by atoms with Gasteiger partial charge in [0.05, 0.1) is 12.2 Å². The molecule has 3 rings (SSSR count). The van der Waals surface area contributed by atoms with Crippen LogP contribution in [-0.2, 0) is 20.9 Å². The minimum absolute atomic E-state index is 0.0795. The molecule has 0 saturated carbocycles. The molecule has 1 aromatic rings. The predicted molar refractivity (Wildman–Crippen MR) is 94.9 cm³/mol. The number of hydrogen-bond donors (Lipinski definition) is 2. The first-order valence-corrected chi connectivity index (χ1v) is 9.11. The van der Waals surface area contributed by atoms with E-state index >= 15 is 0 Å². The Morgan fingerprint density at radius 2 is 2.19 bits per heavy atom. The number of aromatic nitrogens is 1. The first kappa shape index (κ1) is 18.3. The summed E-state index contributed by atoms with van der Waals surface area (Å²) in [5.74, 6) is -0.152. The Morgan fingerprint density at radius 3 is 2.92 bits per heavy atom. The van der Waals surface area contributed by atoms with Crippen LogP contribution in [0.4, 0.5) is 0 Å². The summed E-state index contributed by atoms with van der Waals surface area (Å²) in [5.41, 5.74) is 0.773. The van der Waals surface area contributed by atoms with E-state index in [1.54, 1.807) is 16.0 Å². The van der Waals surface area contributed by atoms with Gasteiger partial charge in [0.2, 0.25) is 17.7 Å². The molecule has 2 fully saturated rings. The van der Waals surface area contributed by atoms with E-state index in [9.17, 15) is 14.4 Å². The first-order valence-electron chi connectivity index (χ1n) is 9.11. The Labute approximate surface area is 152 Å². The average molecular weight is 359 g/mol. The molecule has 0 aliphatic carbocycles. The maximum Gasteiger partial charge on any atom is 0.244 e. The number of likely N-dealkylation sites (tertiary alicyclic amines) is 1. The van der Waals surface area contributed by atoms with Gasteiger partial charge in [0, 0.05) is 51.8 Å². The number of carbonyl (C=O) groups excluding carboxylic acids is 3. The Balaban J connectivity index is 1.53. The molecule has 2 saturated heterocycles. The second kappa shape index (κ2) is 8.75. The molecule has 0 radical (unpaired) electrons. The van der Waals surface area contributed by atoms with Crippen LogP contribution in [0.25, 0.3) is 0 Å². The van der Waals surface area contributed by atoms with Gasteiger partial charge in [0.1, 0.15) is 6.04 Å². The largest absolute Gasteiger partial charge is 0.349 e. The highest BCUT2D eigenvalue weighted by molar-refractivity contribution is 5.88. The molecule has 2 N–H and O–H groups in total. The number of piperazine rings is 1. The molecule has 0 spiro atoms. The van der Waals surface area contributed by atoms with Crippen LogP contribution < -0.4 is 10.6 Å². The fourth-order valence-corrected chi connectivity index (χ4v) is 3.35. The van der Waals surface area contributed by atoms with Crippen molar-refractivity contribution < 1.29 is 14.4 Å². The summed E-state index contributed by atoms with van der Waals surface area (Å²) in [5, 5.41) is 6.03. The van der Waals surface area contributed by atoms with Crippen LogP contribution in [0.3, 0.4) is 0 Å². The molecule has 0 aromatic carbocycles. The predicted octanol–water partition coefficient (Wildman–Crippen LogP) is -0.489. The molecule has 26 heavy (non-hydrogen) atoms. The quantitative estimate of drug-likeness (QED) is 0.715. The van der Waals surface area contributed by atoms with Crippen molar-refractivity contribution in [2.75, 3.05) is 32.7 Å². The summed E-state index contributed by atoms with van der Waals surface area (Å²) >= 11 is 0. The first-order chi connectivity index (χ1) is 12.6. The van der Waals surface area contributed by atoms with E-state index < -0.39 is 6.04 Å². The van der Waals surface area contributed by atoms with Crippen molar-refractivity contribution >= 4 is 17.7 Å². The van der Waals surface area contributed by atoms with Crippen LogP contribution >= 0.6 is 0 Å². The summed E-state index contributed by atoms with van der Waals surface area (Å²) < 4.78 is 0. The third-order valence-electron chi connectivity index (χ3n) is 4.80. The minimum atomic E-state index is -0.533. The molecule has 1 aromatic heterocycles. The van der Waals surface area contributed by atoms with Gasteiger partial charge >= 0.3 is 0 Å². The van der Waals surface area contributed by atoms with Gasteiger partial charge in [-0.25, -0.2) is 0 Å². The number of pyridine rings is 1. The van der Waals surface area contributed by atoms with Gasteiger partial charge in [0.25, 0.3) is 0 Å². The van der Waals surface area contributed by atoms with Gasteiger partial charge in [-0.15, -0.1) is 0 Å². The summed E-state index contributed by atoms with van der Waals surface area (Å²) in [7, 11) is 0. The van der Waals surface area contributed by atoms with Crippen molar-refractivity contribution in [2.24, 2.45) is 0 Å². The van der Waals surface area contributed by atoms with Crippen molar-refractivity contribution in [2.45, 2.75) is 31.8 Å². The van der Waals surface area contributed by atoms with Gasteiger partial charge in [-0.05, 0) is 18.6 Å². The Bertz CT molecular complexity index is 651. The van der Waals surface area contributed by atoms with E-state index in [2.05, 4.69) is 15.6 Å². The summed E-state index contributed by atoms with van der Waals surface area (Å²) in [6.45, 7) is 3.08. The van der Waals surface area contributed by atoms with Crippen LogP contribution in [-0.4, -0.2) is 71.3 Å². The third-order valence-corrected chi connectivity index (χ3v) is 4.80. The summed E-state index contributed by atoms with van der Waals surface area (Å²) in [4.78, 5) is 44.4. The van der Waals surface area contributed by atoms with E-state index in [1.165, 1.54) is 0 Å². The molecule has 8 heteroatoms. The molecule has 2 aliphatic rings. The molecule has 140 valence electrons. The van der Waals surface area contributed by atoms with Gasteiger partial charge in [0.15, 0.2) is 0 Å². The molecule has 1 atom stereocenters. The highest BCUT2D eigenvalue weighted by Crippen LogP contribution is 2.12.